The van der Waals surface area contributed by atoms with Crippen LogP contribution in [0, 0.1) is 0 Å². The van der Waals surface area contributed by atoms with E-state index in [2.05, 4.69) is 10.3 Å². The molecule has 3 nitrogen and oxygen atoms in total. The number of hydrogen-bond acceptors (Lipinski definition) is 4. The molecule has 0 unspecified atom stereocenters. The normalized spacial score (nSPS) is 13.3. The van der Waals surface area contributed by atoms with E-state index in [1.165, 1.54) is 17.0 Å². The molecule has 0 fully saturated rings. The first-order valence-electron chi connectivity index (χ1n) is 5.99. The van der Waals surface area contributed by atoms with Gasteiger partial charge in [0.25, 0.3) is 0 Å². The lowest BCUT2D eigenvalue weighted by atomic mass is 10.2. The molecule has 2 aromatic rings. The largest absolute Gasteiger partial charge is 0.389 e. The van der Waals surface area contributed by atoms with Crippen LogP contribution in [0.15, 0.2) is 18.2 Å². The number of halogens is 1. The molecule has 6 heteroatoms. The number of nitrogens with two attached hydrogens (primary N) is 1. The lowest BCUT2D eigenvalue weighted by Gasteiger charge is -2.10. The van der Waals surface area contributed by atoms with Gasteiger partial charge < -0.3 is 11.1 Å². The Morgan fingerprint density at radius 3 is 3.00 bits per heavy atom. The van der Waals surface area contributed by atoms with Crippen LogP contribution < -0.4 is 11.1 Å². The molecule has 0 atom stereocenters. The number of anilines is 2. The minimum Gasteiger partial charge on any atom is -0.389 e. The van der Waals surface area contributed by atoms with Crippen LogP contribution in [0.25, 0.3) is 0 Å². The van der Waals surface area contributed by atoms with E-state index in [0.717, 1.165) is 23.7 Å². The van der Waals surface area contributed by atoms with Crippen molar-refractivity contribution < 1.29 is 0 Å². The standard InChI is InChI=1S/C13H12ClN3S2/c14-7-3-1-5-9(11(7)12(15)18)17-13-16-8-4-2-6-10(8)19-13/h1,3,5H,2,4,6H2,(H2,15,18)(H,16,17). The summed E-state index contributed by atoms with van der Waals surface area (Å²) in [5.74, 6) is 0. The zero-order chi connectivity index (χ0) is 13.4. The number of aromatic nitrogens is 1. The molecule has 0 bridgehead atoms. The topological polar surface area (TPSA) is 50.9 Å². The van der Waals surface area contributed by atoms with Crippen molar-refractivity contribution in [2.45, 2.75) is 19.3 Å². The maximum atomic E-state index is 6.14. The first-order chi connectivity index (χ1) is 9.15. The molecular formula is C13H12ClN3S2. The van der Waals surface area contributed by atoms with E-state index in [0.29, 0.717) is 10.6 Å². The summed E-state index contributed by atoms with van der Waals surface area (Å²) in [7, 11) is 0. The SMILES string of the molecule is NC(=S)c1c(Cl)cccc1Nc1nc2c(s1)CCC2. The molecule has 1 aromatic heterocycles. The summed E-state index contributed by atoms with van der Waals surface area (Å²) in [5, 5.41) is 4.72. The third kappa shape index (κ3) is 2.45. The van der Waals surface area contributed by atoms with Crippen molar-refractivity contribution in [2.75, 3.05) is 5.32 Å². The van der Waals surface area contributed by atoms with Gasteiger partial charge in [-0.2, -0.15) is 0 Å². The number of hydrogen-bond donors (Lipinski definition) is 2. The molecule has 0 aliphatic heterocycles. The van der Waals surface area contributed by atoms with Crippen LogP contribution in [0.1, 0.15) is 22.6 Å². The molecule has 1 aromatic carbocycles. The number of fused-ring (bicyclic) bond motifs is 1. The van der Waals surface area contributed by atoms with Crippen molar-refractivity contribution in [1.82, 2.24) is 4.98 Å². The van der Waals surface area contributed by atoms with Crippen LogP contribution in [0.5, 0.6) is 0 Å². The van der Waals surface area contributed by atoms with Crippen LogP contribution in [-0.4, -0.2) is 9.97 Å². The van der Waals surface area contributed by atoms with Gasteiger partial charge in [-0.05, 0) is 31.4 Å². The monoisotopic (exact) mass is 309 g/mol. The number of benzene rings is 1. The summed E-state index contributed by atoms with van der Waals surface area (Å²) in [6, 6.07) is 5.56. The molecule has 1 aliphatic carbocycles. The van der Waals surface area contributed by atoms with Gasteiger partial charge in [-0.1, -0.05) is 29.9 Å². The van der Waals surface area contributed by atoms with E-state index < -0.39 is 0 Å². The Balaban J connectivity index is 1.94. The molecule has 1 aliphatic rings. The predicted octanol–water partition coefficient (Wildman–Crippen LogP) is 3.66. The predicted molar refractivity (Wildman–Crippen MR) is 84.8 cm³/mol. The third-order valence-electron chi connectivity index (χ3n) is 3.10. The van der Waals surface area contributed by atoms with Crippen LogP contribution in [0.4, 0.5) is 10.8 Å². The summed E-state index contributed by atoms with van der Waals surface area (Å²) in [5.41, 5.74) is 8.43. The van der Waals surface area contributed by atoms with Gasteiger partial charge in [0.05, 0.1) is 22.0 Å². The molecule has 19 heavy (non-hydrogen) atoms. The van der Waals surface area contributed by atoms with E-state index in [4.69, 9.17) is 29.6 Å². The number of thiazole rings is 1. The van der Waals surface area contributed by atoms with Gasteiger partial charge in [0, 0.05) is 4.88 Å². The van der Waals surface area contributed by atoms with E-state index in [1.807, 2.05) is 12.1 Å². The number of nitrogens with zero attached hydrogens (tertiary/aromatic N) is 1. The Kier molecular flexibility index (Phi) is 3.43. The summed E-state index contributed by atoms with van der Waals surface area (Å²) in [6.07, 6.45) is 3.42. The Hall–Kier alpha value is -1.17. The molecule has 98 valence electrons. The summed E-state index contributed by atoms with van der Waals surface area (Å²) in [4.78, 5) is 6.26. The zero-order valence-electron chi connectivity index (χ0n) is 10.1. The average molecular weight is 310 g/mol. The molecule has 1 heterocycles. The van der Waals surface area contributed by atoms with Crippen molar-refractivity contribution in [3.63, 3.8) is 0 Å². The smallest absolute Gasteiger partial charge is 0.187 e. The molecule has 0 amide bonds. The highest BCUT2D eigenvalue weighted by molar-refractivity contribution is 7.80. The molecule has 0 saturated heterocycles. The van der Waals surface area contributed by atoms with Gasteiger partial charge in [-0.25, -0.2) is 4.98 Å². The lowest BCUT2D eigenvalue weighted by Crippen LogP contribution is -2.12. The lowest BCUT2D eigenvalue weighted by molar-refractivity contribution is 0.900. The van der Waals surface area contributed by atoms with Crippen LogP contribution in [0.2, 0.25) is 5.02 Å². The summed E-state index contributed by atoms with van der Waals surface area (Å²) in [6.45, 7) is 0. The minimum atomic E-state index is 0.289. The fourth-order valence-electron chi connectivity index (χ4n) is 2.24. The molecule has 3 rings (SSSR count). The molecule has 0 radical (unpaired) electrons. The van der Waals surface area contributed by atoms with E-state index in [1.54, 1.807) is 17.4 Å². The van der Waals surface area contributed by atoms with Crippen molar-refractivity contribution in [3.8, 4) is 0 Å². The second-order valence-corrected chi connectivity index (χ2v) is 6.32. The summed E-state index contributed by atoms with van der Waals surface area (Å²) >= 11 is 12.9. The van der Waals surface area contributed by atoms with Crippen LogP contribution in [-0.2, 0) is 12.8 Å². The van der Waals surface area contributed by atoms with Crippen molar-refractivity contribution in [1.29, 1.82) is 0 Å². The van der Waals surface area contributed by atoms with E-state index in [9.17, 15) is 0 Å². The number of thiocarbonyl (C=S) groups is 1. The van der Waals surface area contributed by atoms with Gasteiger partial charge in [0.15, 0.2) is 5.13 Å². The Morgan fingerprint density at radius 2 is 2.26 bits per heavy atom. The maximum Gasteiger partial charge on any atom is 0.187 e. The van der Waals surface area contributed by atoms with Crippen molar-refractivity contribution >= 4 is 51.0 Å². The van der Waals surface area contributed by atoms with Crippen LogP contribution >= 0.6 is 35.2 Å². The third-order valence-corrected chi connectivity index (χ3v) is 4.69. The number of nitrogens with one attached hydrogen (secondary N) is 1. The van der Waals surface area contributed by atoms with Gasteiger partial charge in [-0.3, -0.25) is 0 Å². The Morgan fingerprint density at radius 1 is 1.42 bits per heavy atom. The van der Waals surface area contributed by atoms with Gasteiger partial charge in [-0.15, -0.1) is 11.3 Å². The van der Waals surface area contributed by atoms with Crippen molar-refractivity contribution in [2.24, 2.45) is 5.73 Å². The fraction of sp³-hybridized carbons (Fsp3) is 0.231. The first kappa shape index (κ1) is 12.8. The zero-order valence-corrected chi connectivity index (χ0v) is 12.5. The van der Waals surface area contributed by atoms with E-state index in [-0.39, 0.29) is 4.99 Å². The molecular weight excluding hydrogens is 298 g/mol. The Bertz CT molecular complexity index is 630. The molecule has 0 spiro atoms. The quantitative estimate of drug-likeness (QED) is 0.850. The first-order valence-corrected chi connectivity index (χ1v) is 7.59. The fourth-order valence-corrected chi connectivity index (χ4v) is 3.85. The summed E-state index contributed by atoms with van der Waals surface area (Å²) < 4.78 is 0. The average Bonchev–Trinajstić information content (AvgIpc) is 2.88. The van der Waals surface area contributed by atoms with Crippen molar-refractivity contribution in [3.05, 3.63) is 39.4 Å². The highest BCUT2D eigenvalue weighted by atomic mass is 35.5. The highest BCUT2D eigenvalue weighted by Crippen LogP contribution is 2.34. The second kappa shape index (κ2) is 5.07. The molecule has 3 N–H and O–H groups in total. The van der Waals surface area contributed by atoms with Gasteiger partial charge >= 0.3 is 0 Å². The Labute approximate surface area is 125 Å². The minimum absolute atomic E-state index is 0.289. The number of rotatable bonds is 3. The molecule has 0 saturated carbocycles. The highest BCUT2D eigenvalue weighted by Gasteiger charge is 2.18. The van der Waals surface area contributed by atoms with Gasteiger partial charge in [0.1, 0.15) is 4.99 Å². The number of aryl methyl sites for hydroxylation is 2. The van der Waals surface area contributed by atoms with Crippen LogP contribution in [0.3, 0.4) is 0 Å². The maximum absolute atomic E-state index is 6.14. The van der Waals surface area contributed by atoms with Gasteiger partial charge in [0.2, 0.25) is 0 Å². The van der Waals surface area contributed by atoms with E-state index >= 15 is 0 Å². The second-order valence-electron chi connectivity index (χ2n) is 4.39.